The van der Waals surface area contributed by atoms with E-state index in [0.717, 1.165) is 34.4 Å². The lowest BCUT2D eigenvalue weighted by Crippen LogP contribution is -2.32. The summed E-state index contributed by atoms with van der Waals surface area (Å²) in [6, 6.07) is 32.2. The fraction of sp³-hybridized carbons (Fsp3) is 0.194. The van der Waals surface area contributed by atoms with Crippen LogP contribution in [-0.2, 0) is 29.0 Å². The molecule has 0 aliphatic heterocycles. The van der Waals surface area contributed by atoms with E-state index < -0.39 is 11.9 Å². The Balaban J connectivity index is 1.31. The van der Waals surface area contributed by atoms with Crippen molar-refractivity contribution in [2.45, 2.75) is 33.3 Å². The van der Waals surface area contributed by atoms with Crippen LogP contribution >= 0.6 is 0 Å². The molecule has 2 aromatic heterocycles. The van der Waals surface area contributed by atoms with Crippen molar-refractivity contribution < 1.29 is 19.1 Å². The van der Waals surface area contributed by atoms with Crippen LogP contribution in [0.5, 0.6) is 5.75 Å². The van der Waals surface area contributed by atoms with Crippen molar-refractivity contribution in [2.75, 3.05) is 13.2 Å². The molecule has 8 heteroatoms. The number of aryl methyl sites for hydroxylation is 1. The lowest BCUT2D eigenvalue weighted by atomic mass is 10.0. The summed E-state index contributed by atoms with van der Waals surface area (Å²) >= 11 is 0. The number of ether oxygens (including phenoxy) is 2. The predicted octanol–water partition coefficient (Wildman–Crippen LogP) is 5.90. The maximum absolute atomic E-state index is 13.2. The maximum atomic E-state index is 13.2. The molecule has 222 valence electrons. The molecule has 0 spiro atoms. The van der Waals surface area contributed by atoms with E-state index in [1.165, 1.54) is 5.56 Å². The molecule has 3 aromatic carbocycles. The van der Waals surface area contributed by atoms with Gasteiger partial charge in [-0.3, -0.25) is 14.6 Å². The minimum absolute atomic E-state index is 0.0733. The van der Waals surface area contributed by atoms with Gasteiger partial charge in [0.1, 0.15) is 19.0 Å². The second kappa shape index (κ2) is 14.7. The lowest BCUT2D eigenvalue weighted by molar-refractivity contribution is -0.141. The van der Waals surface area contributed by atoms with E-state index in [9.17, 15) is 9.59 Å². The monoisotopic (exact) mass is 586 g/mol. The number of carbonyl (C=O) groups is 2. The molecule has 1 N–H and O–H groups in total. The van der Waals surface area contributed by atoms with Crippen LogP contribution in [0.1, 0.15) is 51.2 Å². The molecular weight excluding hydrogens is 552 g/mol. The van der Waals surface area contributed by atoms with E-state index >= 15 is 0 Å². The number of benzene rings is 3. The molecule has 0 fully saturated rings. The van der Waals surface area contributed by atoms with Gasteiger partial charge in [0.05, 0.1) is 18.0 Å². The number of pyridine rings is 1. The van der Waals surface area contributed by atoms with E-state index in [1.54, 1.807) is 13.8 Å². The second-order valence-corrected chi connectivity index (χ2v) is 10.3. The number of hydrogen-bond acceptors (Lipinski definition) is 7. The Morgan fingerprint density at radius 1 is 0.750 bits per heavy atom. The first-order chi connectivity index (χ1) is 21.5. The Morgan fingerprint density at radius 2 is 1.41 bits per heavy atom. The van der Waals surface area contributed by atoms with Gasteiger partial charge >= 0.3 is 5.97 Å². The fourth-order valence-corrected chi connectivity index (χ4v) is 4.71. The second-order valence-electron chi connectivity index (χ2n) is 10.3. The van der Waals surface area contributed by atoms with Gasteiger partial charge in [0.15, 0.2) is 11.4 Å². The highest BCUT2D eigenvalue weighted by Gasteiger charge is 2.21. The third kappa shape index (κ3) is 8.13. The van der Waals surface area contributed by atoms with Gasteiger partial charge in [0, 0.05) is 18.2 Å². The largest absolute Gasteiger partial charge is 0.485 e. The van der Waals surface area contributed by atoms with Crippen molar-refractivity contribution in [3.8, 4) is 17.0 Å². The van der Waals surface area contributed by atoms with Crippen molar-refractivity contribution in [1.29, 1.82) is 0 Å². The topological polar surface area (TPSA) is 103 Å². The molecule has 5 rings (SSSR count). The molecule has 0 aliphatic carbocycles. The summed E-state index contributed by atoms with van der Waals surface area (Å²) in [6.45, 7) is 3.69. The SMILES string of the molecule is CCOC(=O)CNC(=O)c1nc(Cc2ccc(-c3ccc(Cc4ccccc4)cn3)cc2)nc(C)c1OCc1ccccc1. The molecule has 0 unspecified atom stereocenters. The first-order valence-corrected chi connectivity index (χ1v) is 14.5. The number of nitrogens with zero attached hydrogens (tertiary/aromatic N) is 3. The van der Waals surface area contributed by atoms with Gasteiger partial charge in [-0.1, -0.05) is 91.0 Å². The number of rotatable bonds is 12. The summed E-state index contributed by atoms with van der Waals surface area (Å²) in [7, 11) is 0. The lowest BCUT2D eigenvalue weighted by Gasteiger charge is -2.15. The average Bonchev–Trinajstić information content (AvgIpc) is 3.05. The van der Waals surface area contributed by atoms with E-state index in [2.05, 4.69) is 38.5 Å². The van der Waals surface area contributed by atoms with Crippen LogP contribution in [0.2, 0.25) is 0 Å². The van der Waals surface area contributed by atoms with Gasteiger partial charge in [0.25, 0.3) is 5.91 Å². The maximum Gasteiger partial charge on any atom is 0.325 e. The molecule has 44 heavy (non-hydrogen) atoms. The minimum atomic E-state index is -0.537. The Bertz CT molecular complexity index is 1690. The van der Waals surface area contributed by atoms with Crippen LogP contribution in [0.25, 0.3) is 11.3 Å². The van der Waals surface area contributed by atoms with Gasteiger partial charge in [-0.25, -0.2) is 9.97 Å². The molecule has 2 heterocycles. The Hall–Kier alpha value is -5.37. The highest BCUT2D eigenvalue weighted by Crippen LogP contribution is 2.24. The average molecular weight is 587 g/mol. The van der Waals surface area contributed by atoms with E-state index in [-0.39, 0.29) is 31.2 Å². The zero-order valence-corrected chi connectivity index (χ0v) is 24.8. The number of aromatic nitrogens is 3. The van der Waals surface area contributed by atoms with Crippen LogP contribution in [0.15, 0.2) is 103 Å². The summed E-state index contributed by atoms with van der Waals surface area (Å²) < 4.78 is 11.0. The van der Waals surface area contributed by atoms with Crippen molar-refractivity contribution in [3.05, 3.63) is 143 Å². The highest BCUT2D eigenvalue weighted by atomic mass is 16.5. The third-order valence-electron chi connectivity index (χ3n) is 6.91. The third-order valence-corrected chi connectivity index (χ3v) is 6.91. The van der Waals surface area contributed by atoms with Gasteiger partial charge in [-0.15, -0.1) is 0 Å². The molecule has 0 saturated carbocycles. The highest BCUT2D eigenvalue weighted by molar-refractivity contribution is 5.96. The van der Waals surface area contributed by atoms with Gasteiger partial charge in [0.2, 0.25) is 0 Å². The van der Waals surface area contributed by atoms with Crippen LogP contribution in [0.3, 0.4) is 0 Å². The molecule has 0 atom stereocenters. The van der Waals surface area contributed by atoms with Crippen LogP contribution < -0.4 is 10.1 Å². The summed E-state index contributed by atoms with van der Waals surface area (Å²) in [5.41, 5.74) is 6.81. The van der Waals surface area contributed by atoms with Crippen molar-refractivity contribution in [2.24, 2.45) is 0 Å². The van der Waals surface area contributed by atoms with E-state index in [0.29, 0.717) is 17.9 Å². The summed E-state index contributed by atoms with van der Waals surface area (Å²) in [6.07, 6.45) is 3.16. The first kappa shape index (κ1) is 30.1. The van der Waals surface area contributed by atoms with Gasteiger partial charge in [-0.2, -0.15) is 0 Å². The smallest absolute Gasteiger partial charge is 0.325 e. The van der Waals surface area contributed by atoms with Crippen molar-refractivity contribution in [1.82, 2.24) is 20.3 Å². The molecule has 1 amide bonds. The molecular formula is C36H34N4O4. The van der Waals surface area contributed by atoms with E-state index in [1.807, 2.05) is 85.1 Å². The molecule has 0 bridgehead atoms. The number of hydrogen-bond donors (Lipinski definition) is 1. The molecule has 8 nitrogen and oxygen atoms in total. The Labute approximate surface area is 257 Å². The molecule has 5 aromatic rings. The minimum Gasteiger partial charge on any atom is -0.485 e. The zero-order valence-electron chi connectivity index (χ0n) is 24.8. The predicted molar refractivity (Wildman–Crippen MR) is 168 cm³/mol. The number of carbonyl (C=O) groups excluding carboxylic acids is 2. The number of esters is 1. The van der Waals surface area contributed by atoms with Crippen LogP contribution in [0.4, 0.5) is 0 Å². The number of amides is 1. The van der Waals surface area contributed by atoms with Crippen molar-refractivity contribution >= 4 is 11.9 Å². The van der Waals surface area contributed by atoms with E-state index in [4.69, 9.17) is 9.47 Å². The van der Waals surface area contributed by atoms with Gasteiger partial charge in [-0.05, 0) is 48.6 Å². The molecule has 0 radical (unpaired) electrons. The first-order valence-electron chi connectivity index (χ1n) is 14.5. The van der Waals surface area contributed by atoms with Crippen LogP contribution in [-0.4, -0.2) is 40.0 Å². The van der Waals surface area contributed by atoms with Crippen LogP contribution in [0, 0.1) is 6.92 Å². The standard InChI is InChI=1S/C36H34N4O4/c1-3-43-33(41)23-38-36(42)34-35(44-24-28-12-8-5-9-13-28)25(2)39-32(40-34)21-27-14-17-30(18-15-27)31-19-16-29(22-37-31)20-26-10-6-4-7-11-26/h4-19,22H,3,20-21,23-24H2,1-2H3,(H,38,42). The fourth-order valence-electron chi connectivity index (χ4n) is 4.71. The Morgan fingerprint density at radius 3 is 2.07 bits per heavy atom. The molecule has 0 aliphatic rings. The summed E-state index contributed by atoms with van der Waals surface area (Å²) in [5, 5.41) is 2.59. The quantitative estimate of drug-likeness (QED) is 0.182. The Kier molecular flexibility index (Phi) is 10.0. The van der Waals surface area contributed by atoms with Gasteiger partial charge < -0.3 is 14.8 Å². The molecule has 0 saturated heterocycles. The summed E-state index contributed by atoms with van der Waals surface area (Å²) in [4.78, 5) is 38.9. The zero-order chi connectivity index (χ0) is 30.7. The number of nitrogens with one attached hydrogen (secondary N) is 1. The van der Waals surface area contributed by atoms with Crippen molar-refractivity contribution in [3.63, 3.8) is 0 Å². The summed E-state index contributed by atoms with van der Waals surface area (Å²) in [5.74, 6) is -0.327. The normalized spacial score (nSPS) is 10.7.